The molecular formula is C33H33N5O6. The summed E-state index contributed by atoms with van der Waals surface area (Å²) in [6.07, 6.45) is 0.186. The van der Waals surface area contributed by atoms with E-state index in [1.54, 1.807) is 50.4 Å². The summed E-state index contributed by atoms with van der Waals surface area (Å²) in [4.78, 5) is 51.3. The Labute approximate surface area is 254 Å². The fourth-order valence-corrected chi connectivity index (χ4v) is 5.12. The number of aryl methyl sites for hydroxylation is 1. The molecule has 44 heavy (non-hydrogen) atoms. The van der Waals surface area contributed by atoms with Crippen molar-refractivity contribution in [3.8, 4) is 0 Å². The van der Waals surface area contributed by atoms with Crippen molar-refractivity contribution >= 4 is 40.8 Å². The molecule has 0 bridgehead atoms. The highest BCUT2D eigenvalue weighted by Gasteiger charge is 2.28. The van der Waals surface area contributed by atoms with E-state index in [-0.39, 0.29) is 42.7 Å². The third-order valence-corrected chi connectivity index (χ3v) is 7.60. The summed E-state index contributed by atoms with van der Waals surface area (Å²) < 4.78 is 4.97. The van der Waals surface area contributed by atoms with Crippen LogP contribution < -0.4 is 20.9 Å². The summed E-state index contributed by atoms with van der Waals surface area (Å²) in [6.45, 7) is 2.22. The second-order valence-electron chi connectivity index (χ2n) is 10.7. The van der Waals surface area contributed by atoms with Gasteiger partial charge in [0.1, 0.15) is 5.76 Å². The fraction of sp³-hybridized carbons (Fsp3) is 0.242. The van der Waals surface area contributed by atoms with Crippen molar-refractivity contribution < 1.29 is 28.8 Å². The van der Waals surface area contributed by atoms with E-state index in [9.17, 15) is 24.3 Å². The first-order valence-corrected chi connectivity index (χ1v) is 14.2. The fourth-order valence-electron chi connectivity index (χ4n) is 5.12. The second-order valence-corrected chi connectivity index (χ2v) is 10.7. The Bertz CT molecular complexity index is 1660. The molecule has 2 atom stereocenters. The molecule has 0 radical (unpaired) electrons. The Morgan fingerprint density at radius 1 is 1.05 bits per heavy atom. The number of para-hydroxylation sites is 1. The van der Waals surface area contributed by atoms with Gasteiger partial charge in [-0.3, -0.25) is 19.2 Å². The minimum absolute atomic E-state index is 0.0903. The SMILES string of the molecule is Cc1cc(C(=O)NC(CCC(=O)O)c2ccc(N(C)C(=O)Cc3ccc(NC(=O)C4CNc5ccccc54)cc3)cc2)no1. The van der Waals surface area contributed by atoms with Crippen molar-refractivity contribution in [1.82, 2.24) is 10.5 Å². The maximum atomic E-state index is 13.1. The number of hydrogen-bond acceptors (Lipinski definition) is 7. The van der Waals surface area contributed by atoms with Gasteiger partial charge < -0.3 is 30.5 Å². The number of nitrogens with zero attached hydrogens (tertiary/aromatic N) is 2. The largest absolute Gasteiger partial charge is 0.481 e. The summed E-state index contributed by atoms with van der Waals surface area (Å²) >= 11 is 0. The summed E-state index contributed by atoms with van der Waals surface area (Å²) in [5.74, 6) is -1.46. The number of benzene rings is 3. The third-order valence-electron chi connectivity index (χ3n) is 7.60. The number of nitrogens with one attached hydrogen (secondary N) is 3. The molecule has 226 valence electrons. The number of carboxylic acids is 1. The Balaban J connectivity index is 1.18. The van der Waals surface area contributed by atoms with Gasteiger partial charge in [-0.15, -0.1) is 0 Å². The van der Waals surface area contributed by atoms with Crippen LogP contribution in [0.15, 0.2) is 83.4 Å². The van der Waals surface area contributed by atoms with Gasteiger partial charge in [0, 0.05) is 43.1 Å². The van der Waals surface area contributed by atoms with Crippen LogP contribution in [-0.2, 0) is 20.8 Å². The normalized spacial score (nSPS) is 14.2. The van der Waals surface area contributed by atoms with Crippen molar-refractivity contribution in [2.24, 2.45) is 0 Å². The highest BCUT2D eigenvalue weighted by Crippen LogP contribution is 2.32. The number of aliphatic carboxylic acids is 1. The molecule has 4 N–H and O–H groups in total. The molecule has 11 heteroatoms. The Morgan fingerprint density at radius 2 is 1.77 bits per heavy atom. The van der Waals surface area contributed by atoms with Gasteiger partial charge in [0.25, 0.3) is 5.91 Å². The molecule has 0 saturated carbocycles. The average molecular weight is 596 g/mol. The van der Waals surface area contributed by atoms with E-state index >= 15 is 0 Å². The van der Waals surface area contributed by atoms with Gasteiger partial charge in [-0.25, -0.2) is 0 Å². The number of fused-ring (bicyclic) bond motifs is 1. The number of carbonyl (C=O) groups excluding carboxylic acids is 3. The van der Waals surface area contributed by atoms with Gasteiger partial charge in [-0.05, 0) is 60.4 Å². The van der Waals surface area contributed by atoms with Crippen LogP contribution in [0.5, 0.6) is 0 Å². The van der Waals surface area contributed by atoms with E-state index in [2.05, 4.69) is 21.1 Å². The van der Waals surface area contributed by atoms with Gasteiger partial charge >= 0.3 is 5.97 Å². The molecule has 3 aromatic carbocycles. The number of anilines is 3. The van der Waals surface area contributed by atoms with E-state index in [0.717, 1.165) is 16.8 Å². The van der Waals surface area contributed by atoms with Gasteiger partial charge in [0.15, 0.2) is 5.69 Å². The number of amides is 3. The van der Waals surface area contributed by atoms with Crippen LogP contribution in [0.25, 0.3) is 0 Å². The van der Waals surface area contributed by atoms with E-state index in [1.165, 1.54) is 11.0 Å². The maximum absolute atomic E-state index is 13.1. The molecule has 0 spiro atoms. The molecule has 2 heterocycles. The molecule has 11 nitrogen and oxygen atoms in total. The van der Waals surface area contributed by atoms with E-state index in [1.807, 2.05) is 36.4 Å². The highest BCUT2D eigenvalue weighted by atomic mass is 16.5. The number of hydrogen-bond donors (Lipinski definition) is 4. The Hall–Kier alpha value is -5.45. The quantitative estimate of drug-likeness (QED) is 0.195. The summed E-state index contributed by atoms with van der Waals surface area (Å²) in [5, 5.41) is 22.0. The number of rotatable bonds is 11. The molecule has 0 fully saturated rings. The van der Waals surface area contributed by atoms with Crippen molar-refractivity contribution in [2.45, 2.75) is 38.1 Å². The van der Waals surface area contributed by atoms with Gasteiger partial charge in [-0.1, -0.05) is 47.6 Å². The number of carbonyl (C=O) groups is 4. The molecule has 2 unspecified atom stereocenters. The Kier molecular flexibility index (Phi) is 9.03. The average Bonchev–Trinajstić information content (AvgIpc) is 3.66. The van der Waals surface area contributed by atoms with Gasteiger partial charge in [0.05, 0.1) is 18.4 Å². The number of carboxylic acid groups (broad SMARTS) is 1. The van der Waals surface area contributed by atoms with E-state index in [4.69, 9.17) is 4.52 Å². The number of aromatic nitrogens is 1. The minimum Gasteiger partial charge on any atom is -0.481 e. The molecule has 4 aromatic rings. The molecule has 1 aliphatic rings. The van der Waals surface area contributed by atoms with Gasteiger partial charge in [-0.2, -0.15) is 0 Å². The third kappa shape index (κ3) is 7.12. The molecule has 3 amide bonds. The molecule has 1 aliphatic heterocycles. The zero-order chi connectivity index (χ0) is 31.2. The zero-order valence-electron chi connectivity index (χ0n) is 24.4. The topological polar surface area (TPSA) is 154 Å². The first kappa shape index (κ1) is 30.0. The van der Waals surface area contributed by atoms with Crippen LogP contribution in [0.3, 0.4) is 0 Å². The lowest BCUT2D eigenvalue weighted by molar-refractivity contribution is -0.137. The van der Waals surface area contributed by atoms with Crippen LogP contribution >= 0.6 is 0 Å². The molecule has 5 rings (SSSR count). The number of likely N-dealkylation sites (N-methyl/N-ethyl adjacent to an activating group) is 1. The minimum atomic E-state index is -0.976. The van der Waals surface area contributed by atoms with Crippen LogP contribution in [0.4, 0.5) is 17.1 Å². The van der Waals surface area contributed by atoms with Crippen LogP contribution in [0.2, 0.25) is 0 Å². The lowest BCUT2D eigenvalue weighted by Crippen LogP contribution is -2.30. The lowest BCUT2D eigenvalue weighted by atomic mass is 10.0. The van der Waals surface area contributed by atoms with E-state index < -0.39 is 17.9 Å². The molecule has 0 aliphatic carbocycles. The van der Waals surface area contributed by atoms with E-state index in [0.29, 0.717) is 29.2 Å². The zero-order valence-corrected chi connectivity index (χ0v) is 24.4. The monoisotopic (exact) mass is 595 g/mol. The van der Waals surface area contributed by atoms with Crippen LogP contribution in [-0.4, -0.2) is 47.5 Å². The van der Waals surface area contributed by atoms with Crippen molar-refractivity contribution in [3.05, 3.63) is 107 Å². The Morgan fingerprint density at radius 3 is 2.45 bits per heavy atom. The predicted molar refractivity (Wildman–Crippen MR) is 165 cm³/mol. The van der Waals surface area contributed by atoms with Gasteiger partial charge in [0.2, 0.25) is 11.8 Å². The van der Waals surface area contributed by atoms with Crippen molar-refractivity contribution in [3.63, 3.8) is 0 Å². The standard InChI is InChI=1S/C33H33N5O6/c1-20-17-29(37-44-20)33(43)36-27(15-16-31(40)41)22-9-13-24(14-10-22)38(2)30(39)18-21-7-11-23(12-8-21)35-32(42)26-19-34-28-6-4-3-5-25(26)28/h3-14,17,26-27,34H,15-16,18-19H2,1-2H3,(H,35,42)(H,36,43)(H,40,41). The first-order valence-electron chi connectivity index (χ1n) is 14.2. The molecule has 1 aromatic heterocycles. The van der Waals surface area contributed by atoms with Crippen LogP contribution in [0.1, 0.15) is 57.7 Å². The molecule has 0 saturated heterocycles. The second kappa shape index (κ2) is 13.2. The smallest absolute Gasteiger partial charge is 0.303 e. The predicted octanol–water partition coefficient (Wildman–Crippen LogP) is 4.67. The summed E-state index contributed by atoms with van der Waals surface area (Å²) in [6, 6.07) is 22.9. The van der Waals surface area contributed by atoms with Crippen molar-refractivity contribution in [2.75, 3.05) is 29.1 Å². The maximum Gasteiger partial charge on any atom is 0.303 e. The lowest BCUT2D eigenvalue weighted by Gasteiger charge is -2.21. The highest BCUT2D eigenvalue weighted by molar-refractivity contribution is 5.98. The summed E-state index contributed by atoms with van der Waals surface area (Å²) in [7, 11) is 1.68. The molecular weight excluding hydrogens is 562 g/mol. The van der Waals surface area contributed by atoms with Crippen molar-refractivity contribution in [1.29, 1.82) is 0 Å². The first-order chi connectivity index (χ1) is 21.2. The summed E-state index contributed by atoms with van der Waals surface area (Å²) in [5.41, 5.74) is 4.85. The van der Waals surface area contributed by atoms with Crippen LogP contribution in [0, 0.1) is 6.92 Å².